The molecule has 0 saturated carbocycles. The molecule has 2 atom stereocenters. The van der Waals surface area contributed by atoms with Crippen molar-refractivity contribution in [2.75, 3.05) is 27.3 Å². The zero-order valence-electron chi connectivity index (χ0n) is 17.0. The number of hydrogen-bond donors (Lipinski definition) is 1. The third-order valence-corrected chi connectivity index (χ3v) is 7.27. The van der Waals surface area contributed by atoms with Crippen molar-refractivity contribution in [3.63, 3.8) is 0 Å². The maximum atomic E-state index is 13.2. The summed E-state index contributed by atoms with van der Waals surface area (Å²) < 4.78 is 34.5. The molecule has 4 rings (SSSR count). The fraction of sp³-hybridized carbons (Fsp3) is 0.318. The standard InChI is InChI=1S/C22H25N3O4S/c1-25-22(18-12-13-23-19-9-5-4-8-17(18)19)21(15-29-25)30(26,27)24-14-11-16-7-3-6-10-20(16)28-2/h3-10,12-13,21-22,24H,11,14-15H2,1-2H3. The van der Waals surface area contributed by atoms with Gasteiger partial charge < -0.3 is 4.74 Å². The number of sulfonamides is 1. The number of hydroxylamine groups is 2. The van der Waals surface area contributed by atoms with E-state index in [0.29, 0.717) is 6.42 Å². The number of hydrogen-bond acceptors (Lipinski definition) is 6. The second kappa shape index (κ2) is 8.69. The first-order valence-electron chi connectivity index (χ1n) is 9.81. The molecule has 3 aromatic rings. The first kappa shape index (κ1) is 20.7. The van der Waals surface area contributed by atoms with Crippen LogP contribution in [0.3, 0.4) is 0 Å². The maximum Gasteiger partial charge on any atom is 0.218 e. The lowest BCUT2D eigenvalue weighted by atomic mass is 10.00. The second-order valence-electron chi connectivity index (χ2n) is 7.24. The van der Waals surface area contributed by atoms with Gasteiger partial charge in [-0.15, -0.1) is 0 Å². The summed E-state index contributed by atoms with van der Waals surface area (Å²) in [6, 6.07) is 16.8. The van der Waals surface area contributed by atoms with Gasteiger partial charge in [0, 0.05) is 25.2 Å². The van der Waals surface area contributed by atoms with Crippen molar-refractivity contribution in [3.05, 3.63) is 71.9 Å². The van der Waals surface area contributed by atoms with Crippen molar-refractivity contribution in [1.29, 1.82) is 0 Å². The first-order chi connectivity index (χ1) is 14.5. The molecule has 0 radical (unpaired) electrons. The molecule has 0 aliphatic carbocycles. The molecule has 1 fully saturated rings. The van der Waals surface area contributed by atoms with Gasteiger partial charge in [-0.25, -0.2) is 13.1 Å². The Balaban J connectivity index is 1.55. The Morgan fingerprint density at radius 3 is 2.77 bits per heavy atom. The lowest BCUT2D eigenvalue weighted by Crippen LogP contribution is -2.40. The van der Waals surface area contributed by atoms with E-state index < -0.39 is 21.3 Å². The van der Waals surface area contributed by atoms with Crippen LogP contribution in [0.2, 0.25) is 0 Å². The Kier molecular flexibility index (Phi) is 6.01. The third kappa shape index (κ3) is 4.04. The average Bonchev–Trinajstić information content (AvgIpc) is 3.15. The molecular weight excluding hydrogens is 402 g/mol. The van der Waals surface area contributed by atoms with Crippen LogP contribution in [0.4, 0.5) is 0 Å². The van der Waals surface area contributed by atoms with E-state index in [1.165, 1.54) is 0 Å². The Morgan fingerprint density at radius 1 is 1.17 bits per heavy atom. The van der Waals surface area contributed by atoms with Gasteiger partial charge in [-0.05, 0) is 35.7 Å². The van der Waals surface area contributed by atoms with Crippen LogP contribution in [0.15, 0.2) is 60.8 Å². The largest absolute Gasteiger partial charge is 0.496 e. The topological polar surface area (TPSA) is 80.8 Å². The summed E-state index contributed by atoms with van der Waals surface area (Å²) in [6.45, 7) is 0.383. The summed E-state index contributed by atoms with van der Waals surface area (Å²) in [5.41, 5.74) is 2.68. The minimum atomic E-state index is -3.63. The van der Waals surface area contributed by atoms with E-state index >= 15 is 0 Å². The molecule has 7 nitrogen and oxygen atoms in total. The van der Waals surface area contributed by atoms with Crippen molar-refractivity contribution in [2.45, 2.75) is 17.7 Å². The number of rotatable bonds is 7. The highest BCUT2D eigenvalue weighted by atomic mass is 32.2. The van der Waals surface area contributed by atoms with Crippen LogP contribution in [0.25, 0.3) is 10.9 Å². The molecule has 0 bridgehead atoms. The molecule has 0 amide bonds. The highest BCUT2D eigenvalue weighted by Crippen LogP contribution is 2.36. The van der Waals surface area contributed by atoms with Crippen LogP contribution in [-0.2, 0) is 21.3 Å². The van der Waals surface area contributed by atoms with Crippen molar-refractivity contribution >= 4 is 20.9 Å². The van der Waals surface area contributed by atoms with E-state index in [4.69, 9.17) is 9.57 Å². The Labute approximate surface area is 176 Å². The summed E-state index contributed by atoms with van der Waals surface area (Å²) in [6.07, 6.45) is 2.25. The Bertz CT molecular complexity index is 1130. The van der Waals surface area contributed by atoms with Gasteiger partial charge in [0.2, 0.25) is 10.0 Å². The maximum absolute atomic E-state index is 13.2. The normalized spacial score (nSPS) is 19.9. The summed E-state index contributed by atoms with van der Waals surface area (Å²) in [5, 5.41) is 1.83. The highest BCUT2D eigenvalue weighted by Gasteiger charge is 2.43. The molecule has 1 N–H and O–H groups in total. The molecule has 0 spiro atoms. The van der Waals surface area contributed by atoms with Crippen molar-refractivity contribution in [3.8, 4) is 5.75 Å². The Morgan fingerprint density at radius 2 is 1.93 bits per heavy atom. The van der Waals surface area contributed by atoms with Gasteiger partial charge in [-0.2, -0.15) is 5.06 Å². The van der Waals surface area contributed by atoms with E-state index in [0.717, 1.165) is 27.8 Å². The van der Waals surface area contributed by atoms with Crippen LogP contribution in [0.5, 0.6) is 5.75 Å². The van der Waals surface area contributed by atoms with Crippen LogP contribution in [-0.4, -0.2) is 51.0 Å². The van der Waals surface area contributed by atoms with E-state index in [1.807, 2.05) is 54.6 Å². The van der Waals surface area contributed by atoms with E-state index in [9.17, 15) is 8.42 Å². The van der Waals surface area contributed by atoms with Gasteiger partial charge in [0.05, 0.1) is 25.3 Å². The molecule has 1 aliphatic heterocycles. The number of nitrogens with zero attached hydrogens (tertiary/aromatic N) is 2. The smallest absolute Gasteiger partial charge is 0.218 e. The van der Waals surface area contributed by atoms with E-state index in [1.54, 1.807) is 25.4 Å². The van der Waals surface area contributed by atoms with E-state index in [2.05, 4.69) is 9.71 Å². The molecule has 2 unspecified atom stereocenters. The minimum absolute atomic E-state index is 0.0990. The molecule has 8 heteroatoms. The minimum Gasteiger partial charge on any atom is -0.496 e. The number of nitrogens with one attached hydrogen (secondary N) is 1. The van der Waals surface area contributed by atoms with Crippen molar-refractivity contribution in [2.24, 2.45) is 0 Å². The number of methoxy groups -OCH3 is 1. The average molecular weight is 428 g/mol. The number of para-hydroxylation sites is 2. The number of benzene rings is 2. The fourth-order valence-corrected chi connectivity index (χ4v) is 5.47. The van der Waals surface area contributed by atoms with Gasteiger partial charge in [-0.1, -0.05) is 36.4 Å². The zero-order chi connectivity index (χ0) is 21.1. The van der Waals surface area contributed by atoms with Crippen molar-refractivity contribution < 1.29 is 18.0 Å². The molecule has 1 aromatic heterocycles. The van der Waals surface area contributed by atoms with Gasteiger partial charge in [0.1, 0.15) is 11.0 Å². The van der Waals surface area contributed by atoms with Gasteiger partial charge in [0.15, 0.2) is 0 Å². The predicted octanol–water partition coefficient (Wildman–Crippen LogP) is 2.69. The molecule has 30 heavy (non-hydrogen) atoms. The monoisotopic (exact) mass is 427 g/mol. The SMILES string of the molecule is COc1ccccc1CCNS(=O)(=O)C1CON(C)C1c1ccnc2ccccc12. The molecule has 1 aliphatic rings. The third-order valence-electron chi connectivity index (χ3n) is 5.48. The summed E-state index contributed by atoms with van der Waals surface area (Å²) >= 11 is 0. The molecule has 158 valence electrons. The lowest BCUT2D eigenvalue weighted by molar-refractivity contribution is -0.110. The van der Waals surface area contributed by atoms with Crippen molar-refractivity contribution in [1.82, 2.24) is 14.8 Å². The molecule has 2 aromatic carbocycles. The highest BCUT2D eigenvalue weighted by molar-refractivity contribution is 7.90. The number of fused-ring (bicyclic) bond motifs is 1. The number of aromatic nitrogens is 1. The lowest BCUT2D eigenvalue weighted by Gasteiger charge is -2.24. The van der Waals surface area contributed by atoms with E-state index in [-0.39, 0.29) is 13.2 Å². The number of ether oxygens (including phenoxy) is 1. The van der Waals surface area contributed by atoms with Gasteiger partial charge in [0.25, 0.3) is 0 Å². The summed E-state index contributed by atoms with van der Waals surface area (Å²) in [4.78, 5) is 10.0. The van der Waals surface area contributed by atoms with Crippen LogP contribution < -0.4 is 9.46 Å². The fourth-order valence-electron chi connectivity index (χ4n) is 3.97. The second-order valence-corrected chi connectivity index (χ2v) is 9.23. The molecule has 2 heterocycles. The van der Waals surface area contributed by atoms with Crippen LogP contribution >= 0.6 is 0 Å². The van der Waals surface area contributed by atoms with Crippen LogP contribution in [0, 0.1) is 0 Å². The summed E-state index contributed by atoms with van der Waals surface area (Å²) in [5.74, 6) is 0.752. The van der Waals surface area contributed by atoms with Crippen LogP contribution in [0.1, 0.15) is 17.2 Å². The van der Waals surface area contributed by atoms with Gasteiger partial charge in [-0.3, -0.25) is 9.82 Å². The zero-order valence-corrected chi connectivity index (χ0v) is 17.8. The summed E-state index contributed by atoms with van der Waals surface area (Å²) in [7, 11) is -0.249. The predicted molar refractivity (Wildman–Crippen MR) is 116 cm³/mol. The van der Waals surface area contributed by atoms with Gasteiger partial charge >= 0.3 is 0 Å². The molecule has 1 saturated heterocycles. The Hall–Kier alpha value is -2.52. The molecular formula is C22H25N3O4S. The first-order valence-corrected chi connectivity index (χ1v) is 11.4. The number of pyridine rings is 1. The quantitative estimate of drug-likeness (QED) is 0.625.